The Morgan fingerprint density at radius 2 is 1.64 bits per heavy atom. The maximum Gasteiger partial charge on any atom is 0.316 e. The summed E-state index contributed by atoms with van der Waals surface area (Å²) in [7, 11) is 0. The summed E-state index contributed by atoms with van der Waals surface area (Å²) in [6.07, 6.45) is -9.71. The summed E-state index contributed by atoms with van der Waals surface area (Å²) in [4.78, 5) is 0. The molecule has 1 unspecified atom stereocenters. The molecule has 10 nitrogen and oxygen atoms in total. The maximum absolute atomic E-state index is 10.1. The highest BCUT2D eigenvalue weighted by atomic mass is 17.0. The summed E-state index contributed by atoms with van der Waals surface area (Å²) >= 11 is 0. The molecule has 3 aliphatic rings. The van der Waals surface area contributed by atoms with E-state index < -0.39 is 67.7 Å². The zero-order chi connectivity index (χ0) is 16.3. The van der Waals surface area contributed by atoms with Crippen LogP contribution in [0.25, 0.3) is 0 Å². The average Bonchev–Trinajstić information content (AvgIpc) is 2.98. The lowest BCUT2D eigenvalue weighted by molar-refractivity contribution is -0.449. The van der Waals surface area contributed by atoms with Crippen molar-refractivity contribution >= 4 is 0 Å². The Hall–Kier alpha value is -0.400. The minimum atomic E-state index is -2.15. The predicted octanol–water partition coefficient (Wildman–Crippen LogP) is -4.00. The van der Waals surface area contributed by atoms with Crippen molar-refractivity contribution < 1.29 is 49.6 Å². The second-order valence-electron chi connectivity index (χ2n) is 5.83. The van der Waals surface area contributed by atoms with E-state index in [0.717, 1.165) is 0 Å². The number of hydrogen-bond donors (Lipinski definition) is 6. The van der Waals surface area contributed by atoms with Gasteiger partial charge < -0.3 is 44.8 Å². The molecule has 0 bridgehead atoms. The number of hydrogen-bond acceptors (Lipinski definition) is 10. The molecule has 3 rings (SSSR count). The molecule has 22 heavy (non-hydrogen) atoms. The predicted molar refractivity (Wildman–Crippen MR) is 65.0 cm³/mol. The second kappa shape index (κ2) is 5.31. The third kappa shape index (κ3) is 2.12. The fourth-order valence-corrected chi connectivity index (χ4v) is 2.99. The van der Waals surface area contributed by atoms with Gasteiger partial charge in [0, 0.05) is 0 Å². The van der Waals surface area contributed by atoms with Gasteiger partial charge in [-0.3, -0.25) is 4.74 Å². The zero-order valence-electron chi connectivity index (χ0n) is 11.8. The van der Waals surface area contributed by atoms with Crippen LogP contribution in [0.1, 0.15) is 6.92 Å². The van der Waals surface area contributed by atoms with E-state index in [2.05, 4.69) is 0 Å². The number of aliphatic hydroxyl groups is 6. The van der Waals surface area contributed by atoms with E-state index in [0.29, 0.717) is 0 Å². The third-order valence-electron chi connectivity index (χ3n) is 4.34. The Morgan fingerprint density at radius 1 is 0.955 bits per heavy atom. The van der Waals surface area contributed by atoms with E-state index in [9.17, 15) is 25.5 Å². The summed E-state index contributed by atoms with van der Waals surface area (Å²) in [6, 6.07) is 0. The van der Waals surface area contributed by atoms with Crippen molar-refractivity contribution in [2.75, 3.05) is 13.2 Å². The molecule has 0 aliphatic carbocycles. The van der Waals surface area contributed by atoms with Gasteiger partial charge in [0.15, 0.2) is 6.10 Å². The van der Waals surface area contributed by atoms with Crippen LogP contribution in [0.5, 0.6) is 0 Å². The number of ether oxygens (including phenoxy) is 4. The third-order valence-corrected chi connectivity index (χ3v) is 4.34. The molecule has 0 amide bonds. The molecule has 0 aromatic heterocycles. The van der Waals surface area contributed by atoms with Crippen LogP contribution in [-0.2, 0) is 18.9 Å². The van der Waals surface area contributed by atoms with Crippen LogP contribution < -0.4 is 0 Å². The summed E-state index contributed by atoms with van der Waals surface area (Å²) in [5.41, 5.74) is 0. The summed E-state index contributed by atoms with van der Waals surface area (Å²) < 4.78 is 21.4. The minimum Gasteiger partial charge on any atom is -0.394 e. The van der Waals surface area contributed by atoms with E-state index in [1.165, 1.54) is 6.92 Å². The van der Waals surface area contributed by atoms with Crippen molar-refractivity contribution in [3.63, 3.8) is 0 Å². The molecule has 3 aliphatic heterocycles. The molecule has 6 N–H and O–H groups in total. The van der Waals surface area contributed by atoms with Gasteiger partial charge in [-0.05, 0) is 6.92 Å². The largest absolute Gasteiger partial charge is 0.394 e. The highest BCUT2D eigenvalue weighted by Crippen LogP contribution is 2.46. The van der Waals surface area contributed by atoms with Crippen LogP contribution in [0.3, 0.4) is 0 Å². The molecule has 0 aromatic rings. The molecular formula is C12H20O10. The smallest absolute Gasteiger partial charge is 0.316 e. The fraction of sp³-hybridized carbons (Fsp3) is 1.00. The highest BCUT2D eigenvalue weighted by molar-refractivity contribution is 5.03. The normalized spacial score (nSPS) is 58.8. The van der Waals surface area contributed by atoms with Crippen molar-refractivity contribution in [2.24, 2.45) is 0 Å². The van der Waals surface area contributed by atoms with E-state index in [4.69, 9.17) is 24.1 Å². The van der Waals surface area contributed by atoms with E-state index >= 15 is 0 Å². The Morgan fingerprint density at radius 3 is 2.23 bits per heavy atom. The Kier molecular flexibility index (Phi) is 3.97. The Bertz CT molecular complexity index is 434. The van der Waals surface area contributed by atoms with E-state index in [1.54, 1.807) is 0 Å². The molecule has 10 heteroatoms. The monoisotopic (exact) mass is 324 g/mol. The van der Waals surface area contributed by atoms with Crippen LogP contribution in [0.4, 0.5) is 0 Å². The summed E-state index contributed by atoms with van der Waals surface area (Å²) in [6.45, 7) is 0.475. The molecule has 3 fully saturated rings. The summed E-state index contributed by atoms with van der Waals surface area (Å²) in [5, 5.41) is 58.7. The molecule has 0 aromatic carbocycles. The van der Waals surface area contributed by atoms with Gasteiger partial charge in [0.1, 0.15) is 37.1 Å². The highest BCUT2D eigenvalue weighted by Gasteiger charge is 2.69. The quantitative estimate of drug-likeness (QED) is 0.281. The lowest BCUT2D eigenvalue weighted by Crippen LogP contribution is -2.65. The van der Waals surface area contributed by atoms with Crippen molar-refractivity contribution in [3.8, 4) is 0 Å². The molecule has 3 heterocycles. The molecule has 3 saturated heterocycles. The first kappa shape index (κ1) is 16.5. The lowest BCUT2D eigenvalue weighted by atomic mass is 9.98. The van der Waals surface area contributed by atoms with Gasteiger partial charge in [0.05, 0.1) is 12.7 Å². The van der Waals surface area contributed by atoms with Gasteiger partial charge >= 0.3 is 5.97 Å². The number of rotatable bonds is 1. The van der Waals surface area contributed by atoms with Crippen LogP contribution in [-0.4, -0.2) is 98.3 Å². The first-order valence-corrected chi connectivity index (χ1v) is 6.97. The van der Waals surface area contributed by atoms with Gasteiger partial charge in [-0.2, -0.15) is 0 Å². The molecule has 9 atom stereocenters. The topological polar surface area (TPSA) is 158 Å². The van der Waals surface area contributed by atoms with Gasteiger partial charge in [-0.25, -0.2) is 0 Å². The fourth-order valence-electron chi connectivity index (χ4n) is 2.99. The second-order valence-corrected chi connectivity index (χ2v) is 5.83. The van der Waals surface area contributed by atoms with Crippen molar-refractivity contribution in [1.82, 2.24) is 0 Å². The van der Waals surface area contributed by atoms with Gasteiger partial charge in [0.2, 0.25) is 5.79 Å². The first-order valence-electron chi connectivity index (χ1n) is 6.97. The zero-order valence-corrected chi connectivity index (χ0v) is 11.8. The summed E-state index contributed by atoms with van der Waals surface area (Å²) in [5.74, 6) is -4.00. The van der Waals surface area contributed by atoms with Gasteiger partial charge in [-0.15, -0.1) is 0 Å². The SMILES string of the molecule is C[C@H]1O[C@@]2(OCC3(O[C@H](CO)[C@@H](O)[C@@H]3O)O2)[C@H](O)[C@@H](O)[C@@H]1O. The van der Waals surface area contributed by atoms with E-state index in [1.807, 2.05) is 0 Å². The molecular weight excluding hydrogens is 304 g/mol. The van der Waals surface area contributed by atoms with Gasteiger partial charge in [-0.1, -0.05) is 0 Å². The molecule has 2 spiro atoms. The maximum atomic E-state index is 10.1. The van der Waals surface area contributed by atoms with Crippen molar-refractivity contribution in [2.45, 2.75) is 61.4 Å². The average molecular weight is 324 g/mol. The molecule has 0 radical (unpaired) electrons. The standard InChI is InChI=1S/C12H20O10/c1-4-6(14)8(16)10(18)12(20-4)19-3-11(22-12)9(17)7(15)5(2-13)21-11/h4-10,13-18H,2-3H2,1H3/t4-,5-,6-,7-,8+,9+,10-,11?,12+/m1/s1. The van der Waals surface area contributed by atoms with Crippen LogP contribution in [0, 0.1) is 0 Å². The minimum absolute atomic E-state index is 0.408. The Labute approximate surface area is 125 Å². The van der Waals surface area contributed by atoms with Crippen LogP contribution >= 0.6 is 0 Å². The molecule has 0 saturated carbocycles. The van der Waals surface area contributed by atoms with Crippen LogP contribution in [0.15, 0.2) is 0 Å². The first-order chi connectivity index (χ1) is 10.3. The molecule has 128 valence electrons. The number of aliphatic hydroxyl groups excluding tert-OH is 6. The Balaban J connectivity index is 1.85. The van der Waals surface area contributed by atoms with Crippen molar-refractivity contribution in [3.05, 3.63) is 0 Å². The lowest BCUT2D eigenvalue weighted by Gasteiger charge is -2.44. The van der Waals surface area contributed by atoms with Crippen molar-refractivity contribution in [1.29, 1.82) is 0 Å². The van der Waals surface area contributed by atoms with Crippen LogP contribution in [0.2, 0.25) is 0 Å². The van der Waals surface area contributed by atoms with Gasteiger partial charge in [0.25, 0.3) is 0 Å². The van der Waals surface area contributed by atoms with E-state index in [-0.39, 0.29) is 0 Å².